The van der Waals surface area contributed by atoms with Crippen LogP contribution in [0.4, 0.5) is 0 Å². The van der Waals surface area contributed by atoms with Crippen molar-refractivity contribution in [3.8, 4) is 5.75 Å². The van der Waals surface area contributed by atoms with Gasteiger partial charge in [0.2, 0.25) is 0 Å². The highest BCUT2D eigenvalue weighted by Gasteiger charge is 2.16. The number of amides is 1. The smallest absolute Gasteiger partial charge is 0.261 e. The van der Waals surface area contributed by atoms with Crippen LogP contribution in [0.2, 0.25) is 0 Å². The second-order valence-corrected chi connectivity index (χ2v) is 6.87. The lowest BCUT2D eigenvalue weighted by Crippen LogP contribution is -2.40. The molecule has 0 fully saturated rings. The molecular formula is C19H21BrN2O2S. The summed E-state index contributed by atoms with van der Waals surface area (Å²) in [5, 5.41) is 6.12. The molecule has 25 heavy (non-hydrogen) atoms. The minimum Gasteiger partial charge on any atom is -0.493 e. The fourth-order valence-electron chi connectivity index (χ4n) is 2.25. The molecule has 4 nitrogen and oxygen atoms in total. The topological polar surface area (TPSA) is 50.4 Å². The number of hydrogen-bond donors (Lipinski definition) is 2. The molecule has 6 heteroatoms. The normalized spacial score (nSPS) is 11.5. The van der Waals surface area contributed by atoms with E-state index in [0.29, 0.717) is 17.9 Å². The van der Waals surface area contributed by atoms with Gasteiger partial charge in [-0.15, -0.1) is 0 Å². The second kappa shape index (κ2) is 9.53. The number of carbonyl (C=O) groups is 1. The molecule has 0 aliphatic heterocycles. The number of benzene rings is 2. The highest BCUT2D eigenvalue weighted by molar-refractivity contribution is 9.10. The number of rotatable bonds is 6. The van der Waals surface area contributed by atoms with Gasteiger partial charge in [-0.25, -0.2) is 0 Å². The van der Waals surface area contributed by atoms with Crippen molar-refractivity contribution in [3.05, 3.63) is 64.1 Å². The molecule has 0 spiro atoms. The number of carbonyl (C=O) groups excluding carboxylic acids is 1. The Morgan fingerprint density at radius 3 is 2.64 bits per heavy atom. The van der Waals surface area contributed by atoms with Gasteiger partial charge in [0, 0.05) is 4.47 Å². The van der Waals surface area contributed by atoms with Gasteiger partial charge in [0.1, 0.15) is 5.75 Å². The summed E-state index contributed by atoms with van der Waals surface area (Å²) >= 11 is 8.66. The Kier molecular flexibility index (Phi) is 7.40. The summed E-state index contributed by atoms with van der Waals surface area (Å²) in [7, 11) is 0. The van der Waals surface area contributed by atoms with Crippen molar-refractivity contribution < 1.29 is 9.53 Å². The summed E-state index contributed by atoms with van der Waals surface area (Å²) in [5.41, 5.74) is 1.54. The lowest BCUT2D eigenvalue weighted by Gasteiger charge is -2.17. The number of nitrogens with one attached hydrogen (secondary N) is 2. The summed E-state index contributed by atoms with van der Waals surface area (Å²) in [6, 6.07) is 15.2. The predicted octanol–water partition coefficient (Wildman–Crippen LogP) is 4.60. The lowest BCUT2D eigenvalue weighted by molar-refractivity contribution is 0.0972. The molecule has 0 aliphatic rings. The molecule has 0 heterocycles. The Morgan fingerprint density at radius 1 is 1.24 bits per heavy atom. The van der Waals surface area contributed by atoms with Crippen LogP contribution in [0.5, 0.6) is 5.75 Å². The molecule has 2 rings (SSSR count). The molecule has 132 valence electrons. The summed E-state index contributed by atoms with van der Waals surface area (Å²) in [5.74, 6) is 0.242. The third-order valence-electron chi connectivity index (χ3n) is 3.52. The van der Waals surface area contributed by atoms with Gasteiger partial charge >= 0.3 is 0 Å². The van der Waals surface area contributed by atoms with Crippen LogP contribution < -0.4 is 15.4 Å². The molecule has 0 bridgehead atoms. The van der Waals surface area contributed by atoms with E-state index in [-0.39, 0.29) is 17.1 Å². The van der Waals surface area contributed by atoms with E-state index >= 15 is 0 Å². The maximum atomic E-state index is 12.6. The molecule has 0 saturated carbocycles. The van der Waals surface area contributed by atoms with Gasteiger partial charge in [0.15, 0.2) is 5.11 Å². The third-order valence-corrected chi connectivity index (χ3v) is 4.24. The first kappa shape index (κ1) is 19.4. The van der Waals surface area contributed by atoms with Crippen molar-refractivity contribution in [1.29, 1.82) is 0 Å². The van der Waals surface area contributed by atoms with Crippen LogP contribution in [-0.2, 0) is 0 Å². The fourth-order valence-corrected chi connectivity index (χ4v) is 2.88. The van der Waals surface area contributed by atoms with Crippen molar-refractivity contribution in [2.24, 2.45) is 0 Å². The largest absolute Gasteiger partial charge is 0.493 e. The van der Waals surface area contributed by atoms with Crippen molar-refractivity contribution in [2.75, 3.05) is 6.61 Å². The van der Waals surface area contributed by atoms with Crippen LogP contribution >= 0.6 is 28.1 Å². The van der Waals surface area contributed by atoms with E-state index in [1.54, 1.807) is 12.1 Å². The first-order valence-corrected chi connectivity index (χ1v) is 9.30. The van der Waals surface area contributed by atoms with Crippen molar-refractivity contribution in [3.63, 3.8) is 0 Å². The van der Waals surface area contributed by atoms with Gasteiger partial charge in [-0.3, -0.25) is 10.1 Å². The summed E-state index contributed by atoms with van der Waals surface area (Å²) in [6.07, 6.45) is 0.867. The number of halogens is 1. The van der Waals surface area contributed by atoms with Gasteiger partial charge in [-0.2, -0.15) is 0 Å². The molecule has 0 saturated heterocycles. The maximum Gasteiger partial charge on any atom is 0.261 e. The molecule has 2 aromatic rings. The second-order valence-electron chi connectivity index (χ2n) is 5.55. The highest BCUT2D eigenvalue weighted by Crippen LogP contribution is 2.23. The van der Waals surface area contributed by atoms with Gasteiger partial charge in [-0.1, -0.05) is 53.2 Å². The highest BCUT2D eigenvalue weighted by atomic mass is 79.9. The van der Waals surface area contributed by atoms with Crippen LogP contribution in [-0.4, -0.2) is 17.6 Å². The molecule has 1 amide bonds. The van der Waals surface area contributed by atoms with Crippen molar-refractivity contribution in [2.45, 2.75) is 26.3 Å². The van der Waals surface area contributed by atoms with Crippen molar-refractivity contribution in [1.82, 2.24) is 10.6 Å². The lowest BCUT2D eigenvalue weighted by atomic mass is 10.1. The molecule has 2 aromatic carbocycles. The summed E-state index contributed by atoms with van der Waals surface area (Å²) in [4.78, 5) is 12.6. The van der Waals surface area contributed by atoms with E-state index in [1.807, 2.05) is 50.2 Å². The van der Waals surface area contributed by atoms with E-state index in [9.17, 15) is 4.79 Å². The fraction of sp³-hybridized carbons (Fsp3) is 0.263. The Bertz CT molecular complexity index is 737. The Morgan fingerprint density at radius 2 is 1.96 bits per heavy atom. The summed E-state index contributed by atoms with van der Waals surface area (Å²) in [6.45, 7) is 4.56. The van der Waals surface area contributed by atoms with Crippen LogP contribution in [0.3, 0.4) is 0 Å². The Labute approximate surface area is 162 Å². The van der Waals surface area contributed by atoms with Gasteiger partial charge in [-0.05, 0) is 49.3 Å². The first-order valence-electron chi connectivity index (χ1n) is 8.10. The molecule has 0 aliphatic carbocycles. The number of ether oxygens (including phenoxy) is 1. The third kappa shape index (κ3) is 5.83. The van der Waals surface area contributed by atoms with E-state index in [2.05, 4.69) is 26.6 Å². The molecule has 1 unspecified atom stereocenters. The predicted molar refractivity (Wildman–Crippen MR) is 108 cm³/mol. The van der Waals surface area contributed by atoms with Gasteiger partial charge in [0.25, 0.3) is 5.91 Å². The van der Waals surface area contributed by atoms with E-state index in [0.717, 1.165) is 16.5 Å². The van der Waals surface area contributed by atoms with Crippen LogP contribution in [0, 0.1) is 0 Å². The maximum absolute atomic E-state index is 12.6. The number of thiocarbonyl (C=S) groups is 1. The zero-order valence-electron chi connectivity index (χ0n) is 14.2. The Balaban J connectivity index is 2.03. The van der Waals surface area contributed by atoms with Gasteiger partial charge in [0.05, 0.1) is 18.2 Å². The molecule has 0 radical (unpaired) electrons. The standard InChI is InChI=1S/C19H21BrN2O2S/c1-3-11-24-17-10-9-15(20)12-16(17)18(23)22-19(25)21-13(2)14-7-5-4-6-8-14/h4-10,12-13H,3,11H2,1-2H3,(H2,21,22,23,25). The van der Waals surface area contributed by atoms with Gasteiger partial charge < -0.3 is 10.1 Å². The Hall–Kier alpha value is -1.92. The number of hydrogen-bond acceptors (Lipinski definition) is 3. The monoisotopic (exact) mass is 420 g/mol. The minimum atomic E-state index is -0.301. The molecule has 0 aromatic heterocycles. The van der Waals surface area contributed by atoms with E-state index in [4.69, 9.17) is 17.0 Å². The SMILES string of the molecule is CCCOc1ccc(Br)cc1C(=O)NC(=S)NC(C)c1ccccc1. The molecular weight excluding hydrogens is 400 g/mol. The van der Waals surface area contributed by atoms with E-state index in [1.165, 1.54) is 0 Å². The van der Waals surface area contributed by atoms with Crippen LogP contribution in [0.25, 0.3) is 0 Å². The van der Waals surface area contributed by atoms with Crippen molar-refractivity contribution >= 4 is 39.2 Å². The average Bonchev–Trinajstić information content (AvgIpc) is 2.61. The average molecular weight is 421 g/mol. The minimum absolute atomic E-state index is 0.00711. The molecule has 2 N–H and O–H groups in total. The van der Waals surface area contributed by atoms with Crippen LogP contribution in [0.15, 0.2) is 53.0 Å². The zero-order valence-corrected chi connectivity index (χ0v) is 16.6. The van der Waals surface area contributed by atoms with E-state index < -0.39 is 0 Å². The first-order chi connectivity index (χ1) is 12.0. The molecule has 1 atom stereocenters. The quantitative estimate of drug-likeness (QED) is 0.670. The van der Waals surface area contributed by atoms with Crippen LogP contribution in [0.1, 0.15) is 42.2 Å². The zero-order chi connectivity index (χ0) is 18.2. The summed E-state index contributed by atoms with van der Waals surface area (Å²) < 4.78 is 6.45.